The second-order valence-electron chi connectivity index (χ2n) is 7.51. The third kappa shape index (κ3) is 6.15. The number of aromatic carboxylic acids is 1. The minimum Gasteiger partial charge on any atom is -0.486 e. The molecule has 0 spiro atoms. The molecule has 0 fully saturated rings. The van der Waals surface area contributed by atoms with Crippen LogP contribution in [0.3, 0.4) is 0 Å². The van der Waals surface area contributed by atoms with E-state index in [-0.39, 0.29) is 23.7 Å². The van der Waals surface area contributed by atoms with Gasteiger partial charge in [-0.2, -0.15) is 0 Å². The minimum atomic E-state index is -0.982. The average molecular weight is 602 g/mol. The van der Waals surface area contributed by atoms with Crippen LogP contribution < -0.4 is 18.9 Å². The summed E-state index contributed by atoms with van der Waals surface area (Å²) in [6.07, 6.45) is 1.82. The molecule has 2 unspecified atom stereocenters. The molecule has 0 saturated heterocycles. The first kappa shape index (κ1) is 26.2. The van der Waals surface area contributed by atoms with Gasteiger partial charge in [0.05, 0.1) is 26.7 Å². The Hall–Kier alpha value is -2.46. The molecule has 4 rings (SSSR count). The maximum Gasteiger partial charge on any atom is 0.338 e. The van der Waals surface area contributed by atoms with Gasteiger partial charge in [-0.15, -0.1) is 0 Å². The van der Waals surface area contributed by atoms with Gasteiger partial charge in [0, 0.05) is 0 Å². The number of fused-ring (bicyclic) bond motifs is 2. The molecule has 2 aliphatic heterocycles. The Morgan fingerprint density at radius 2 is 1.35 bits per heavy atom. The number of esters is 1. The first-order chi connectivity index (χ1) is 16.3. The number of benzene rings is 2. The molecule has 2 aliphatic rings. The Bertz CT molecular complexity index is 1060. The highest BCUT2D eigenvalue weighted by molar-refractivity contribution is 9.11. The first-order valence-electron chi connectivity index (χ1n) is 10.9. The van der Waals surface area contributed by atoms with E-state index < -0.39 is 5.97 Å². The van der Waals surface area contributed by atoms with E-state index in [0.717, 1.165) is 12.8 Å². The molecule has 184 valence electrons. The summed E-state index contributed by atoms with van der Waals surface area (Å²) in [6, 6.07) is 6.35. The third-order valence-corrected chi connectivity index (χ3v) is 6.28. The van der Waals surface area contributed by atoms with Gasteiger partial charge in [0.1, 0.15) is 25.4 Å². The molecule has 2 heterocycles. The van der Waals surface area contributed by atoms with E-state index in [2.05, 4.69) is 31.9 Å². The zero-order valence-corrected chi connectivity index (χ0v) is 22.2. The molecule has 0 aromatic heterocycles. The highest BCUT2D eigenvalue weighted by atomic mass is 79.9. The van der Waals surface area contributed by atoms with Crippen molar-refractivity contribution in [3.63, 3.8) is 0 Å². The Morgan fingerprint density at radius 3 is 1.79 bits per heavy atom. The fourth-order valence-corrected chi connectivity index (χ4v) is 4.28. The van der Waals surface area contributed by atoms with Crippen molar-refractivity contribution in [3.8, 4) is 23.0 Å². The molecule has 0 amide bonds. The van der Waals surface area contributed by atoms with Crippen LogP contribution in [0.25, 0.3) is 0 Å². The van der Waals surface area contributed by atoms with Crippen molar-refractivity contribution in [2.24, 2.45) is 0 Å². The lowest BCUT2D eigenvalue weighted by Crippen LogP contribution is -2.28. The molecule has 10 heteroatoms. The largest absolute Gasteiger partial charge is 0.486 e. The maximum absolute atomic E-state index is 11.7. The number of carbonyl (C=O) groups excluding carboxylic acids is 1. The lowest BCUT2D eigenvalue weighted by atomic mass is 10.1. The van der Waals surface area contributed by atoms with Crippen LogP contribution in [0.1, 0.15) is 54.3 Å². The van der Waals surface area contributed by atoms with Crippen LogP contribution in [0, 0.1) is 0 Å². The van der Waals surface area contributed by atoms with Crippen molar-refractivity contribution in [1.82, 2.24) is 0 Å². The first-order valence-corrected chi connectivity index (χ1v) is 12.5. The Labute approximate surface area is 214 Å². The van der Waals surface area contributed by atoms with E-state index in [0.29, 0.717) is 57.3 Å². The molecule has 0 bridgehead atoms. The Balaban J connectivity index is 0.000000192. The van der Waals surface area contributed by atoms with Crippen molar-refractivity contribution in [2.45, 2.75) is 45.8 Å². The van der Waals surface area contributed by atoms with E-state index in [1.165, 1.54) is 12.1 Å². The van der Waals surface area contributed by atoms with Crippen LogP contribution in [-0.4, -0.2) is 49.1 Å². The van der Waals surface area contributed by atoms with Gasteiger partial charge in [0.25, 0.3) is 0 Å². The summed E-state index contributed by atoms with van der Waals surface area (Å²) in [5.74, 6) is 0.963. The van der Waals surface area contributed by atoms with Gasteiger partial charge in [-0.05, 0) is 75.9 Å². The topological polar surface area (TPSA) is 101 Å². The molecule has 0 radical (unpaired) electrons. The molecule has 2 aromatic rings. The smallest absolute Gasteiger partial charge is 0.338 e. The van der Waals surface area contributed by atoms with E-state index in [1.54, 1.807) is 19.1 Å². The summed E-state index contributed by atoms with van der Waals surface area (Å²) < 4.78 is 28.8. The van der Waals surface area contributed by atoms with Crippen molar-refractivity contribution >= 4 is 43.8 Å². The van der Waals surface area contributed by atoms with Crippen molar-refractivity contribution < 1.29 is 38.4 Å². The van der Waals surface area contributed by atoms with E-state index in [1.807, 2.05) is 13.8 Å². The molecule has 1 N–H and O–H groups in total. The quantitative estimate of drug-likeness (QED) is 0.425. The minimum absolute atomic E-state index is 0.0273. The van der Waals surface area contributed by atoms with Gasteiger partial charge in [-0.1, -0.05) is 13.8 Å². The number of carboxylic acid groups (broad SMARTS) is 1. The monoisotopic (exact) mass is 600 g/mol. The molecule has 0 saturated carbocycles. The van der Waals surface area contributed by atoms with Gasteiger partial charge in [0.2, 0.25) is 0 Å². The number of carbonyl (C=O) groups is 2. The van der Waals surface area contributed by atoms with Crippen LogP contribution >= 0.6 is 31.9 Å². The molecular weight excluding hydrogens is 576 g/mol. The predicted molar refractivity (Wildman–Crippen MR) is 132 cm³/mol. The predicted octanol–water partition coefficient (Wildman–Crippen LogP) is 5.87. The fourth-order valence-electron chi connectivity index (χ4n) is 3.20. The average Bonchev–Trinajstić information content (AvgIpc) is 2.84. The summed E-state index contributed by atoms with van der Waals surface area (Å²) in [5, 5.41) is 8.89. The van der Waals surface area contributed by atoms with Gasteiger partial charge < -0.3 is 28.8 Å². The molecule has 2 atom stereocenters. The highest BCUT2D eigenvalue weighted by Crippen LogP contribution is 2.41. The standard InChI is InChI=1S/C13H15BrO4.C11H11BrO4/c1-3-9-7-17-11-6-8(13(15)16-4-2)5-10(14)12(11)18-9;1-2-7-5-15-9-4-6(11(13)14)3-8(12)10(9)16-7/h5-6,9H,3-4,7H2,1-2H3;3-4,7H,2,5H2,1H3,(H,13,14). The summed E-state index contributed by atoms with van der Waals surface area (Å²) in [4.78, 5) is 22.5. The summed E-state index contributed by atoms with van der Waals surface area (Å²) in [6.45, 7) is 7.14. The van der Waals surface area contributed by atoms with E-state index in [4.69, 9.17) is 28.8 Å². The fraction of sp³-hybridized carbons (Fsp3) is 0.417. The van der Waals surface area contributed by atoms with Gasteiger partial charge in [0.15, 0.2) is 23.0 Å². The Kier molecular flexibility index (Phi) is 9.07. The van der Waals surface area contributed by atoms with Crippen LogP contribution in [-0.2, 0) is 4.74 Å². The summed E-state index contributed by atoms with van der Waals surface area (Å²) >= 11 is 6.69. The van der Waals surface area contributed by atoms with Crippen LogP contribution in [0.5, 0.6) is 23.0 Å². The van der Waals surface area contributed by atoms with Crippen molar-refractivity contribution in [1.29, 1.82) is 0 Å². The zero-order chi connectivity index (χ0) is 24.8. The molecule has 0 aliphatic carbocycles. The number of ether oxygens (including phenoxy) is 5. The lowest BCUT2D eigenvalue weighted by molar-refractivity contribution is 0.0522. The van der Waals surface area contributed by atoms with Gasteiger partial charge in [-0.25, -0.2) is 9.59 Å². The second kappa shape index (κ2) is 11.8. The molecule has 34 heavy (non-hydrogen) atoms. The van der Waals surface area contributed by atoms with E-state index in [9.17, 15) is 9.59 Å². The summed E-state index contributed by atoms with van der Waals surface area (Å²) in [5.41, 5.74) is 0.644. The van der Waals surface area contributed by atoms with Crippen LogP contribution in [0.2, 0.25) is 0 Å². The van der Waals surface area contributed by atoms with Crippen LogP contribution in [0.4, 0.5) is 0 Å². The second-order valence-corrected chi connectivity index (χ2v) is 9.22. The van der Waals surface area contributed by atoms with Crippen molar-refractivity contribution in [2.75, 3.05) is 19.8 Å². The zero-order valence-electron chi connectivity index (χ0n) is 19.1. The molecule has 8 nitrogen and oxygen atoms in total. The number of halogens is 2. The normalized spacial score (nSPS) is 17.8. The lowest BCUT2D eigenvalue weighted by Gasteiger charge is -2.26. The van der Waals surface area contributed by atoms with Gasteiger partial charge in [-0.3, -0.25) is 0 Å². The number of hydrogen-bond acceptors (Lipinski definition) is 7. The number of carboxylic acids is 1. The highest BCUT2D eigenvalue weighted by Gasteiger charge is 2.25. The SMILES string of the molecule is CCC1COc2cc(C(=O)O)cc(Br)c2O1.CCOC(=O)c1cc(Br)c2c(c1)OCC(CC)O2. The number of hydrogen-bond donors (Lipinski definition) is 1. The molecule has 2 aromatic carbocycles. The summed E-state index contributed by atoms with van der Waals surface area (Å²) in [7, 11) is 0. The third-order valence-electron chi connectivity index (χ3n) is 5.11. The molecular formula is C24H26Br2O8. The van der Waals surface area contributed by atoms with Crippen LogP contribution in [0.15, 0.2) is 33.2 Å². The number of rotatable bonds is 5. The van der Waals surface area contributed by atoms with Gasteiger partial charge >= 0.3 is 11.9 Å². The maximum atomic E-state index is 11.7. The van der Waals surface area contributed by atoms with Crippen molar-refractivity contribution in [3.05, 3.63) is 44.3 Å². The Morgan fingerprint density at radius 1 is 0.882 bits per heavy atom. The van der Waals surface area contributed by atoms with E-state index >= 15 is 0 Å².